The molecular formula is C13H21ClN4O. The lowest BCUT2D eigenvalue weighted by atomic mass is 10.2. The van der Waals surface area contributed by atoms with E-state index in [2.05, 4.69) is 10.2 Å². The molecule has 0 saturated carbocycles. The van der Waals surface area contributed by atoms with Gasteiger partial charge in [-0.1, -0.05) is 12.1 Å². The Morgan fingerprint density at radius 2 is 1.89 bits per heavy atom. The second-order valence-corrected chi connectivity index (χ2v) is 4.46. The summed E-state index contributed by atoms with van der Waals surface area (Å²) in [4.78, 5) is 15.9. The number of nitrogens with one attached hydrogen (secondary N) is 1. The van der Waals surface area contributed by atoms with Crippen LogP contribution in [0.5, 0.6) is 0 Å². The van der Waals surface area contributed by atoms with Crippen LogP contribution in [-0.4, -0.2) is 50.6 Å². The minimum atomic E-state index is 0. The number of likely N-dealkylation sites (N-methyl/N-ethyl adjacent to an activating group) is 1. The first-order valence-corrected chi connectivity index (χ1v) is 6.24. The Bertz CT molecular complexity index is 419. The number of rotatable bonds is 3. The number of piperazine rings is 1. The predicted octanol–water partition coefficient (Wildman–Crippen LogP) is 0.559. The quantitative estimate of drug-likeness (QED) is 0.796. The molecule has 106 valence electrons. The van der Waals surface area contributed by atoms with Gasteiger partial charge < -0.3 is 20.9 Å². The number of nitrogens with two attached hydrogens (primary N) is 1. The van der Waals surface area contributed by atoms with Crippen LogP contribution in [0.1, 0.15) is 0 Å². The van der Waals surface area contributed by atoms with Gasteiger partial charge in [0.25, 0.3) is 0 Å². The molecule has 1 heterocycles. The topological polar surface area (TPSA) is 61.6 Å². The van der Waals surface area contributed by atoms with Crippen molar-refractivity contribution in [1.29, 1.82) is 0 Å². The van der Waals surface area contributed by atoms with E-state index in [4.69, 9.17) is 5.73 Å². The van der Waals surface area contributed by atoms with E-state index in [9.17, 15) is 4.79 Å². The van der Waals surface area contributed by atoms with Crippen molar-refractivity contribution in [2.24, 2.45) is 0 Å². The van der Waals surface area contributed by atoms with Crippen molar-refractivity contribution >= 4 is 29.7 Å². The third-order valence-electron chi connectivity index (χ3n) is 3.24. The molecule has 0 atom stereocenters. The maximum absolute atomic E-state index is 11.7. The fraction of sp³-hybridized carbons (Fsp3) is 0.462. The first-order valence-electron chi connectivity index (χ1n) is 6.24. The highest BCUT2D eigenvalue weighted by Crippen LogP contribution is 2.23. The van der Waals surface area contributed by atoms with Crippen LogP contribution < -0.4 is 16.0 Å². The van der Waals surface area contributed by atoms with Gasteiger partial charge in [-0.3, -0.25) is 4.79 Å². The lowest BCUT2D eigenvalue weighted by molar-refractivity contribution is -0.130. The number of hydrogen-bond donors (Lipinski definition) is 2. The van der Waals surface area contributed by atoms with Crippen molar-refractivity contribution in [1.82, 2.24) is 10.2 Å². The summed E-state index contributed by atoms with van der Waals surface area (Å²) in [5.41, 5.74) is 7.83. The molecule has 0 unspecified atom stereocenters. The minimum absolute atomic E-state index is 0. The molecule has 6 heteroatoms. The third-order valence-corrected chi connectivity index (χ3v) is 3.24. The van der Waals surface area contributed by atoms with Gasteiger partial charge in [0.2, 0.25) is 5.91 Å². The van der Waals surface area contributed by atoms with E-state index < -0.39 is 0 Å². The monoisotopic (exact) mass is 284 g/mol. The largest absolute Gasteiger partial charge is 0.397 e. The number of benzene rings is 1. The summed E-state index contributed by atoms with van der Waals surface area (Å²) in [5, 5.41) is 2.89. The van der Waals surface area contributed by atoms with Gasteiger partial charge in [-0.25, -0.2) is 0 Å². The molecule has 5 nitrogen and oxygen atoms in total. The molecule has 0 radical (unpaired) electrons. The van der Waals surface area contributed by atoms with Crippen LogP contribution in [0.25, 0.3) is 0 Å². The van der Waals surface area contributed by atoms with Crippen LogP contribution in [-0.2, 0) is 4.79 Å². The average Bonchev–Trinajstić information content (AvgIpc) is 2.40. The molecule has 1 fully saturated rings. The number of amides is 1. The van der Waals surface area contributed by atoms with E-state index in [0.29, 0.717) is 6.54 Å². The predicted molar refractivity (Wildman–Crippen MR) is 80.8 cm³/mol. The first-order chi connectivity index (χ1) is 8.72. The molecule has 3 N–H and O–H groups in total. The lowest BCUT2D eigenvalue weighted by Crippen LogP contribution is -2.50. The molecule has 1 aliphatic rings. The minimum Gasteiger partial charge on any atom is -0.397 e. The number of hydrogen-bond acceptors (Lipinski definition) is 4. The SMILES string of the molecule is CNCC(=O)N1CCN(c2ccccc2N)CC1.Cl. The van der Waals surface area contributed by atoms with Gasteiger partial charge in [0.15, 0.2) is 0 Å². The molecule has 0 spiro atoms. The Labute approximate surface area is 120 Å². The number of carbonyl (C=O) groups excluding carboxylic acids is 1. The average molecular weight is 285 g/mol. The Kier molecular flexibility index (Phi) is 5.92. The lowest BCUT2D eigenvalue weighted by Gasteiger charge is -2.36. The van der Waals surface area contributed by atoms with Crippen LogP contribution in [0.3, 0.4) is 0 Å². The molecule has 1 saturated heterocycles. The summed E-state index contributed by atoms with van der Waals surface area (Å²) in [5.74, 6) is 0.165. The van der Waals surface area contributed by atoms with Gasteiger partial charge in [0.05, 0.1) is 17.9 Å². The van der Waals surface area contributed by atoms with Crippen LogP contribution in [0.2, 0.25) is 0 Å². The van der Waals surface area contributed by atoms with Gasteiger partial charge in [0, 0.05) is 26.2 Å². The number of nitrogen functional groups attached to an aromatic ring is 1. The van der Waals surface area contributed by atoms with Crippen molar-refractivity contribution in [3.63, 3.8) is 0 Å². The van der Waals surface area contributed by atoms with E-state index in [0.717, 1.165) is 37.6 Å². The van der Waals surface area contributed by atoms with Crippen LogP contribution in [0.4, 0.5) is 11.4 Å². The third kappa shape index (κ3) is 3.75. The summed E-state index contributed by atoms with van der Waals surface area (Å²) >= 11 is 0. The molecule has 0 aromatic heterocycles. The first kappa shape index (κ1) is 15.6. The number of halogens is 1. The Morgan fingerprint density at radius 3 is 2.47 bits per heavy atom. The van der Waals surface area contributed by atoms with Gasteiger partial charge in [-0.2, -0.15) is 0 Å². The highest BCUT2D eigenvalue weighted by atomic mass is 35.5. The highest BCUT2D eigenvalue weighted by molar-refractivity contribution is 5.85. The van der Waals surface area contributed by atoms with E-state index in [1.807, 2.05) is 29.2 Å². The molecular weight excluding hydrogens is 264 g/mol. The number of nitrogens with zero attached hydrogens (tertiary/aromatic N) is 2. The van der Waals surface area contributed by atoms with Gasteiger partial charge in [-0.15, -0.1) is 12.4 Å². The molecule has 0 bridgehead atoms. The Morgan fingerprint density at radius 1 is 1.26 bits per heavy atom. The molecule has 1 aliphatic heterocycles. The molecule has 2 rings (SSSR count). The summed E-state index contributed by atoms with van der Waals surface area (Å²) in [6.07, 6.45) is 0. The standard InChI is InChI=1S/C13H20N4O.ClH/c1-15-10-13(18)17-8-6-16(7-9-17)12-5-3-2-4-11(12)14;/h2-5,15H,6-10,14H2,1H3;1H. The van der Waals surface area contributed by atoms with Gasteiger partial charge in [0.1, 0.15) is 0 Å². The molecule has 0 aliphatic carbocycles. The van der Waals surface area contributed by atoms with Crippen LogP contribution >= 0.6 is 12.4 Å². The Balaban J connectivity index is 0.00000180. The van der Waals surface area contributed by atoms with Crippen molar-refractivity contribution < 1.29 is 4.79 Å². The maximum Gasteiger partial charge on any atom is 0.236 e. The van der Waals surface area contributed by atoms with E-state index in [1.165, 1.54) is 0 Å². The second kappa shape index (κ2) is 7.21. The normalized spacial score (nSPS) is 15.0. The smallest absolute Gasteiger partial charge is 0.236 e. The van der Waals surface area contributed by atoms with E-state index in [1.54, 1.807) is 7.05 Å². The maximum atomic E-state index is 11.7. The van der Waals surface area contributed by atoms with Gasteiger partial charge in [-0.05, 0) is 19.2 Å². The zero-order valence-corrected chi connectivity index (χ0v) is 11.9. The summed E-state index contributed by atoms with van der Waals surface area (Å²) in [6, 6.07) is 7.87. The highest BCUT2D eigenvalue weighted by Gasteiger charge is 2.21. The second-order valence-electron chi connectivity index (χ2n) is 4.46. The van der Waals surface area contributed by atoms with E-state index in [-0.39, 0.29) is 18.3 Å². The van der Waals surface area contributed by atoms with Crippen molar-refractivity contribution in [2.45, 2.75) is 0 Å². The fourth-order valence-electron chi connectivity index (χ4n) is 2.24. The van der Waals surface area contributed by atoms with Crippen LogP contribution in [0, 0.1) is 0 Å². The van der Waals surface area contributed by atoms with Crippen molar-refractivity contribution in [2.75, 3.05) is 50.4 Å². The summed E-state index contributed by atoms with van der Waals surface area (Å²) in [6.45, 7) is 3.60. The number of carbonyl (C=O) groups is 1. The molecule has 1 aromatic rings. The zero-order valence-electron chi connectivity index (χ0n) is 11.1. The van der Waals surface area contributed by atoms with E-state index >= 15 is 0 Å². The zero-order chi connectivity index (χ0) is 13.0. The number of anilines is 2. The van der Waals surface area contributed by atoms with Crippen molar-refractivity contribution in [3.05, 3.63) is 24.3 Å². The van der Waals surface area contributed by atoms with Crippen LogP contribution in [0.15, 0.2) is 24.3 Å². The summed E-state index contributed by atoms with van der Waals surface area (Å²) < 4.78 is 0. The Hall–Kier alpha value is -1.46. The number of para-hydroxylation sites is 2. The molecule has 1 amide bonds. The molecule has 1 aromatic carbocycles. The fourth-order valence-corrected chi connectivity index (χ4v) is 2.24. The van der Waals surface area contributed by atoms with Gasteiger partial charge >= 0.3 is 0 Å². The summed E-state index contributed by atoms with van der Waals surface area (Å²) in [7, 11) is 1.79. The molecule has 19 heavy (non-hydrogen) atoms. The van der Waals surface area contributed by atoms with Crippen molar-refractivity contribution in [3.8, 4) is 0 Å².